The number of nitrogens with one attached hydrogen (secondary N) is 1. The van der Waals surface area contributed by atoms with E-state index in [1.54, 1.807) is 6.08 Å². The SMILES string of the molecule is C=C(O)/C=C/c1ccc(NC)cc1. The van der Waals surface area contributed by atoms with Crippen molar-refractivity contribution in [1.29, 1.82) is 0 Å². The molecule has 0 saturated carbocycles. The smallest absolute Gasteiger partial charge is 0.108 e. The van der Waals surface area contributed by atoms with Gasteiger partial charge in [0.05, 0.1) is 0 Å². The zero-order valence-corrected chi connectivity index (χ0v) is 7.62. The summed E-state index contributed by atoms with van der Waals surface area (Å²) in [4.78, 5) is 0. The average molecular weight is 175 g/mol. The molecule has 1 aromatic rings. The lowest BCUT2D eigenvalue weighted by Crippen LogP contribution is -1.86. The maximum atomic E-state index is 8.82. The van der Waals surface area contributed by atoms with E-state index in [0.29, 0.717) is 0 Å². The van der Waals surface area contributed by atoms with Crippen LogP contribution in [0.5, 0.6) is 0 Å². The summed E-state index contributed by atoms with van der Waals surface area (Å²) >= 11 is 0. The van der Waals surface area contributed by atoms with Crippen molar-refractivity contribution in [2.75, 3.05) is 12.4 Å². The van der Waals surface area contributed by atoms with E-state index in [9.17, 15) is 0 Å². The number of allylic oxidation sites excluding steroid dienone is 1. The third kappa shape index (κ3) is 3.03. The molecule has 0 atom stereocenters. The summed E-state index contributed by atoms with van der Waals surface area (Å²) in [5, 5.41) is 11.8. The van der Waals surface area contributed by atoms with E-state index >= 15 is 0 Å². The minimum Gasteiger partial charge on any atom is -0.509 e. The van der Waals surface area contributed by atoms with Gasteiger partial charge in [-0.05, 0) is 23.8 Å². The van der Waals surface area contributed by atoms with Crippen LogP contribution in [0.15, 0.2) is 42.7 Å². The third-order valence-electron chi connectivity index (χ3n) is 1.67. The molecule has 13 heavy (non-hydrogen) atoms. The topological polar surface area (TPSA) is 32.3 Å². The molecule has 0 aliphatic heterocycles. The summed E-state index contributed by atoms with van der Waals surface area (Å²) in [6.07, 6.45) is 3.37. The molecule has 0 aliphatic carbocycles. The monoisotopic (exact) mass is 175 g/mol. The Kier molecular flexibility index (Phi) is 3.15. The molecule has 2 heteroatoms. The lowest BCUT2D eigenvalue weighted by atomic mass is 10.2. The minimum absolute atomic E-state index is 0.0673. The fourth-order valence-electron chi connectivity index (χ4n) is 0.953. The highest BCUT2D eigenvalue weighted by atomic mass is 16.3. The molecule has 0 heterocycles. The molecule has 0 fully saturated rings. The van der Waals surface area contributed by atoms with E-state index in [-0.39, 0.29) is 5.76 Å². The number of aliphatic hydroxyl groups excluding tert-OH is 1. The van der Waals surface area contributed by atoms with Crippen LogP contribution in [0.25, 0.3) is 6.08 Å². The molecule has 0 radical (unpaired) electrons. The lowest BCUT2D eigenvalue weighted by molar-refractivity contribution is 0.436. The van der Waals surface area contributed by atoms with Gasteiger partial charge in [0.1, 0.15) is 5.76 Å². The van der Waals surface area contributed by atoms with Gasteiger partial charge in [-0.2, -0.15) is 0 Å². The van der Waals surface area contributed by atoms with Gasteiger partial charge in [0.15, 0.2) is 0 Å². The van der Waals surface area contributed by atoms with Crippen LogP contribution in [-0.4, -0.2) is 12.2 Å². The molecular formula is C11H13NO. The van der Waals surface area contributed by atoms with Crippen LogP contribution in [0.4, 0.5) is 5.69 Å². The molecule has 0 amide bonds. The van der Waals surface area contributed by atoms with Gasteiger partial charge in [-0.25, -0.2) is 0 Å². The van der Waals surface area contributed by atoms with Gasteiger partial charge in [-0.1, -0.05) is 24.8 Å². The molecule has 2 nitrogen and oxygen atoms in total. The van der Waals surface area contributed by atoms with Gasteiger partial charge in [-0.3, -0.25) is 0 Å². The molecule has 1 rings (SSSR count). The van der Waals surface area contributed by atoms with E-state index in [4.69, 9.17) is 5.11 Å². The van der Waals surface area contributed by atoms with Crippen molar-refractivity contribution in [1.82, 2.24) is 0 Å². The first-order valence-electron chi connectivity index (χ1n) is 4.06. The molecule has 0 spiro atoms. The highest BCUT2D eigenvalue weighted by Gasteiger charge is 1.88. The molecule has 1 aromatic carbocycles. The summed E-state index contributed by atoms with van der Waals surface area (Å²) in [5.41, 5.74) is 2.11. The normalized spacial score (nSPS) is 10.2. The van der Waals surface area contributed by atoms with E-state index in [0.717, 1.165) is 11.3 Å². The molecular weight excluding hydrogens is 162 g/mol. The fourth-order valence-corrected chi connectivity index (χ4v) is 0.953. The summed E-state index contributed by atoms with van der Waals surface area (Å²) in [6.45, 7) is 3.36. The third-order valence-corrected chi connectivity index (χ3v) is 1.67. The molecule has 2 N–H and O–H groups in total. The Labute approximate surface area is 78.2 Å². The van der Waals surface area contributed by atoms with E-state index in [2.05, 4.69) is 11.9 Å². The molecule has 0 aliphatic rings. The van der Waals surface area contributed by atoms with Crippen molar-refractivity contribution >= 4 is 11.8 Å². The number of anilines is 1. The number of hydrogen-bond donors (Lipinski definition) is 2. The van der Waals surface area contributed by atoms with E-state index in [1.165, 1.54) is 0 Å². The van der Waals surface area contributed by atoms with Crippen LogP contribution in [0, 0.1) is 0 Å². The zero-order valence-electron chi connectivity index (χ0n) is 7.62. The maximum Gasteiger partial charge on any atom is 0.108 e. The quantitative estimate of drug-likeness (QED) is 0.547. The van der Waals surface area contributed by atoms with Gasteiger partial charge >= 0.3 is 0 Å². The first-order valence-corrected chi connectivity index (χ1v) is 4.06. The van der Waals surface area contributed by atoms with Crippen LogP contribution in [0.3, 0.4) is 0 Å². The molecule has 68 valence electrons. The largest absolute Gasteiger partial charge is 0.509 e. The summed E-state index contributed by atoms with van der Waals surface area (Å²) < 4.78 is 0. The van der Waals surface area contributed by atoms with Crippen molar-refractivity contribution in [2.45, 2.75) is 0 Å². The van der Waals surface area contributed by atoms with Gasteiger partial charge in [0.2, 0.25) is 0 Å². The van der Waals surface area contributed by atoms with Crippen molar-refractivity contribution in [2.24, 2.45) is 0 Å². The highest BCUT2D eigenvalue weighted by Crippen LogP contribution is 2.10. The first kappa shape index (κ1) is 9.39. The predicted molar refractivity (Wildman–Crippen MR) is 56.8 cm³/mol. The molecule has 0 aromatic heterocycles. The average Bonchev–Trinajstić information content (AvgIpc) is 2.15. The molecule has 0 bridgehead atoms. The minimum atomic E-state index is 0.0673. The second-order valence-electron chi connectivity index (χ2n) is 2.70. The number of hydrogen-bond acceptors (Lipinski definition) is 2. The Bertz CT molecular complexity index is 311. The standard InChI is InChI=1S/C11H13NO/c1-9(13)3-4-10-5-7-11(12-2)8-6-10/h3-8,12-13H,1H2,2H3/b4-3+. The number of rotatable bonds is 3. The van der Waals surface area contributed by atoms with E-state index < -0.39 is 0 Å². The Morgan fingerprint density at radius 2 is 2.00 bits per heavy atom. The Morgan fingerprint density at radius 1 is 1.38 bits per heavy atom. The summed E-state index contributed by atoms with van der Waals surface area (Å²) in [6, 6.07) is 7.87. The first-order chi connectivity index (χ1) is 6.22. The van der Waals surface area contributed by atoms with Gasteiger partial charge < -0.3 is 10.4 Å². The molecule has 0 unspecified atom stereocenters. The van der Waals surface area contributed by atoms with Gasteiger partial charge in [-0.15, -0.1) is 0 Å². The summed E-state index contributed by atoms with van der Waals surface area (Å²) in [7, 11) is 1.88. The number of aliphatic hydroxyl groups is 1. The van der Waals surface area contributed by atoms with Gasteiger partial charge in [0, 0.05) is 12.7 Å². The van der Waals surface area contributed by atoms with Crippen LogP contribution in [0.2, 0.25) is 0 Å². The van der Waals surface area contributed by atoms with Gasteiger partial charge in [0.25, 0.3) is 0 Å². The fraction of sp³-hybridized carbons (Fsp3) is 0.0909. The maximum absolute atomic E-state index is 8.82. The second kappa shape index (κ2) is 4.36. The predicted octanol–water partition coefficient (Wildman–Crippen LogP) is 2.81. The second-order valence-corrected chi connectivity index (χ2v) is 2.70. The Hall–Kier alpha value is -1.70. The Morgan fingerprint density at radius 3 is 2.46 bits per heavy atom. The number of benzene rings is 1. The van der Waals surface area contributed by atoms with Crippen molar-refractivity contribution in [3.8, 4) is 0 Å². The lowest BCUT2D eigenvalue weighted by Gasteiger charge is -1.99. The van der Waals surface area contributed by atoms with Crippen LogP contribution < -0.4 is 5.32 Å². The van der Waals surface area contributed by atoms with Crippen LogP contribution in [0.1, 0.15) is 5.56 Å². The van der Waals surface area contributed by atoms with Crippen LogP contribution >= 0.6 is 0 Å². The van der Waals surface area contributed by atoms with Crippen molar-refractivity contribution in [3.63, 3.8) is 0 Å². The highest BCUT2D eigenvalue weighted by molar-refractivity contribution is 5.56. The van der Waals surface area contributed by atoms with Crippen LogP contribution in [-0.2, 0) is 0 Å². The van der Waals surface area contributed by atoms with Crippen molar-refractivity contribution < 1.29 is 5.11 Å². The van der Waals surface area contributed by atoms with Crippen molar-refractivity contribution in [3.05, 3.63) is 48.2 Å². The summed E-state index contributed by atoms with van der Waals surface area (Å²) in [5.74, 6) is 0.0673. The zero-order chi connectivity index (χ0) is 9.68. The molecule has 0 saturated heterocycles. The Balaban J connectivity index is 2.75. The van der Waals surface area contributed by atoms with E-state index in [1.807, 2.05) is 37.4 Å².